The van der Waals surface area contributed by atoms with Crippen LogP contribution >= 0.6 is 51.3 Å². The number of hydrogen-bond acceptors (Lipinski definition) is 4. The summed E-state index contributed by atoms with van der Waals surface area (Å²) in [4.78, 5) is 23.6. The molecule has 0 bridgehead atoms. The maximum atomic E-state index is 11.8. The quantitative estimate of drug-likeness (QED) is 0.328. The lowest BCUT2D eigenvalue weighted by Crippen LogP contribution is -2.49. The number of amides is 2. The highest BCUT2D eigenvalue weighted by atomic mass is 79.9. The summed E-state index contributed by atoms with van der Waals surface area (Å²) in [5, 5.41) is 3.37. The van der Waals surface area contributed by atoms with Crippen LogP contribution in [0.5, 0.6) is 5.75 Å². The van der Waals surface area contributed by atoms with E-state index in [1.807, 2.05) is 0 Å². The van der Waals surface area contributed by atoms with Crippen molar-refractivity contribution in [2.24, 2.45) is 0 Å². The van der Waals surface area contributed by atoms with Gasteiger partial charge < -0.3 is 4.74 Å². The van der Waals surface area contributed by atoms with Crippen LogP contribution in [0.15, 0.2) is 53.0 Å². The van der Waals surface area contributed by atoms with Crippen LogP contribution < -0.4 is 20.9 Å². The molecule has 2 amide bonds. The minimum atomic E-state index is -0.495. The number of benzene rings is 2. The molecule has 0 spiro atoms. The fraction of sp³-hybridized carbons (Fsp3) is 0.0556. The fourth-order valence-corrected chi connectivity index (χ4v) is 3.01. The van der Waals surface area contributed by atoms with Crippen molar-refractivity contribution < 1.29 is 14.3 Å². The number of ether oxygens (including phenoxy) is 1. The van der Waals surface area contributed by atoms with Crippen LogP contribution in [0.4, 0.5) is 0 Å². The van der Waals surface area contributed by atoms with Crippen LogP contribution in [0.1, 0.15) is 5.56 Å². The Kier molecular flexibility index (Phi) is 8.72. The average Bonchev–Trinajstić information content (AvgIpc) is 2.65. The Bertz CT molecular complexity index is 925. The van der Waals surface area contributed by atoms with E-state index in [4.69, 9.17) is 40.2 Å². The third-order valence-electron chi connectivity index (χ3n) is 3.12. The Hall–Kier alpha value is -2.13. The molecule has 0 saturated carbocycles. The van der Waals surface area contributed by atoms with Crippen LogP contribution in [0, 0.1) is 0 Å². The zero-order chi connectivity index (χ0) is 20.5. The smallest absolute Gasteiger partial charge is 0.276 e. The highest BCUT2D eigenvalue weighted by Gasteiger charge is 2.07. The molecule has 0 aliphatic carbocycles. The van der Waals surface area contributed by atoms with Gasteiger partial charge in [0.1, 0.15) is 5.75 Å². The molecular weight excluding hydrogens is 489 g/mol. The lowest BCUT2D eigenvalue weighted by Gasteiger charge is -2.11. The number of thiocarbonyl (C=S) groups is 1. The Labute approximate surface area is 185 Å². The lowest BCUT2D eigenvalue weighted by molar-refractivity contribution is -0.123. The van der Waals surface area contributed by atoms with Gasteiger partial charge in [0, 0.05) is 16.1 Å². The first kappa shape index (κ1) is 22.2. The molecule has 146 valence electrons. The molecule has 2 rings (SSSR count). The third-order valence-corrected chi connectivity index (χ3v) is 4.53. The Morgan fingerprint density at radius 3 is 2.61 bits per heavy atom. The molecule has 10 heteroatoms. The molecular formula is C18H14BrCl2N3O3S. The second-order valence-electron chi connectivity index (χ2n) is 5.21. The molecule has 2 aromatic carbocycles. The molecule has 0 atom stereocenters. The van der Waals surface area contributed by atoms with E-state index in [1.165, 1.54) is 6.08 Å². The van der Waals surface area contributed by atoms with Gasteiger partial charge in [-0.2, -0.15) is 0 Å². The molecule has 0 aromatic heterocycles. The fourth-order valence-electron chi connectivity index (χ4n) is 1.86. The second kappa shape index (κ2) is 11.0. The first-order valence-corrected chi connectivity index (χ1v) is 9.71. The van der Waals surface area contributed by atoms with Crippen molar-refractivity contribution in [1.29, 1.82) is 0 Å². The van der Waals surface area contributed by atoms with Crippen molar-refractivity contribution in [2.75, 3.05) is 6.61 Å². The molecule has 0 heterocycles. The first-order valence-electron chi connectivity index (χ1n) is 7.75. The topological polar surface area (TPSA) is 79.5 Å². The molecule has 28 heavy (non-hydrogen) atoms. The largest absolute Gasteiger partial charge is 0.483 e. The predicted molar refractivity (Wildman–Crippen MR) is 117 cm³/mol. The molecule has 0 aliphatic rings. The molecule has 0 saturated heterocycles. The van der Waals surface area contributed by atoms with Crippen molar-refractivity contribution in [3.63, 3.8) is 0 Å². The highest BCUT2D eigenvalue weighted by molar-refractivity contribution is 9.10. The van der Waals surface area contributed by atoms with E-state index in [0.29, 0.717) is 25.8 Å². The first-order chi connectivity index (χ1) is 13.3. The number of rotatable bonds is 5. The Morgan fingerprint density at radius 2 is 1.89 bits per heavy atom. The average molecular weight is 503 g/mol. The van der Waals surface area contributed by atoms with E-state index in [2.05, 4.69) is 32.1 Å². The van der Waals surface area contributed by atoms with E-state index in [0.717, 1.165) is 0 Å². The Morgan fingerprint density at radius 1 is 1.14 bits per heavy atom. The van der Waals surface area contributed by atoms with Crippen LogP contribution in [-0.2, 0) is 9.59 Å². The van der Waals surface area contributed by atoms with E-state index >= 15 is 0 Å². The van der Waals surface area contributed by atoms with Crippen LogP contribution in [-0.4, -0.2) is 23.5 Å². The number of nitrogens with one attached hydrogen (secondary N) is 3. The lowest BCUT2D eigenvalue weighted by atomic mass is 10.2. The number of carbonyl (C=O) groups excluding carboxylic acids is 2. The summed E-state index contributed by atoms with van der Waals surface area (Å²) in [5.74, 6) is -0.516. The van der Waals surface area contributed by atoms with Gasteiger partial charge >= 0.3 is 0 Å². The van der Waals surface area contributed by atoms with E-state index in [-0.39, 0.29) is 11.7 Å². The second-order valence-corrected chi connectivity index (χ2v) is 7.32. The summed E-state index contributed by atoms with van der Waals surface area (Å²) in [6, 6.07) is 12.0. The zero-order valence-corrected chi connectivity index (χ0v) is 18.1. The van der Waals surface area contributed by atoms with Crippen LogP contribution in [0.2, 0.25) is 10.0 Å². The van der Waals surface area contributed by atoms with Gasteiger partial charge in [-0.1, -0.05) is 41.4 Å². The van der Waals surface area contributed by atoms with Crippen LogP contribution in [0.25, 0.3) is 6.08 Å². The standard InChI is InChI=1S/C18H14BrCl2N3O3S/c19-13-9-12(20)6-7-15(13)27-10-17(26)23-24-18(28)22-16(25)8-5-11-3-1-2-4-14(11)21/h1-9H,10H2,(H,23,26)(H2,22,24,25,28)/b8-5+. The minimum absolute atomic E-state index is 0.0742. The van der Waals surface area contributed by atoms with Crippen molar-refractivity contribution >= 4 is 74.4 Å². The molecule has 0 unspecified atom stereocenters. The van der Waals surface area contributed by atoms with Gasteiger partial charge in [0.2, 0.25) is 5.91 Å². The minimum Gasteiger partial charge on any atom is -0.483 e. The summed E-state index contributed by atoms with van der Waals surface area (Å²) in [7, 11) is 0. The van der Waals surface area contributed by atoms with Gasteiger partial charge in [0.15, 0.2) is 11.7 Å². The van der Waals surface area contributed by atoms with Gasteiger partial charge in [-0.3, -0.25) is 25.8 Å². The summed E-state index contributed by atoms with van der Waals surface area (Å²) < 4.78 is 5.97. The number of hydrogen-bond donors (Lipinski definition) is 3. The monoisotopic (exact) mass is 501 g/mol. The summed E-state index contributed by atoms with van der Waals surface area (Å²) in [6.45, 7) is -0.268. The molecule has 6 nitrogen and oxygen atoms in total. The number of halogens is 3. The molecule has 0 radical (unpaired) electrons. The Balaban J connectivity index is 1.73. The van der Waals surface area contributed by atoms with Crippen molar-refractivity contribution in [2.45, 2.75) is 0 Å². The molecule has 0 fully saturated rings. The number of carbonyl (C=O) groups is 2. The van der Waals surface area contributed by atoms with Gasteiger partial charge in [-0.25, -0.2) is 0 Å². The van der Waals surface area contributed by atoms with E-state index < -0.39 is 11.8 Å². The highest BCUT2D eigenvalue weighted by Crippen LogP contribution is 2.27. The van der Waals surface area contributed by atoms with Gasteiger partial charge in [-0.05, 0) is 64.1 Å². The molecule has 2 aromatic rings. The van der Waals surface area contributed by atoms with Crippen molar-refractivity contribution in [3.8, 4) is 5.75 Å². The SMILES string of the molecule is O=C(/C=C/c1ccccc1Cl)NC(=S)NNC(=O)COc1ccc(Cl)cc1Br. The van der Waals surface area contributed by atoms with E-state index in [1.54, 1.807) is 48.5 Å². The summed E-state index contributed by atoms with van der Waals surface area (Å²) in [5.41, 5.74) is 5.42. The summed E-state index contributed by atoms with van der Waals surface area (Å²) in [6.07, 6.45) is 2.83. The predicted octanol–water partition coefficient (Wildman–Crippen LogP) is 3.87. The maximum absolute atomic E-state index is 11.8. The van der Waals surface area contributed by atoms with Crippen molar-refractivity contribution in [3.05, 3.63) is 68.6 Å². The molecule has 3 N–H and O–H groups in total. The number of hydrazine groups is 1. The van der Waals surface area contributed by atoms with Gasteiger partial charge in [0.25, 0.3) is 5.91 Å². The maximum Gasteiger partial charge on any atom is 0.276 e. The van der Waals surface area contributed by atoms with E-state index in [9.17, 15) is 9.59 Å². The van der Waals surface area contributed by atoms with Gasteiger partial charge in [0.05, 0.1) is 4.47 Å². The van der Waals surface area contributed by atoms with Gasteiger partial charge in [-0.15, -0.1) is 0 Å². The molecule has 0 aliphatic heterocycles. The normalized spacial score (nSPS) is 10.4. The summed E-state index contributed by atoms with van der Waals surface area (Å²) >= 11 is 20.1. The van der Waals surface area contributed by atoms with Crippen LogP contribution in [0.3, 0.4) is 0 Å². The third kappa shape index (κ3) is 7.47. The van der Waals surface area contributed by atoms with Crippen molar-refractivity contribution in [1.82, 2.24) is 16.2 Å². The zero-order valence-electron chi connectivity index (χ0n) is 14.2.